The van der Waals surface area contributed by atoms with Gasteiger partial charge in [-0.25, -0.2) is 5.48 Å². The van der Waals surface area contributed by atoms with E-state index in [1.54, 1.807) is 5.48 Å². The highest BCUT2D eigenvalue weighted by Crippen LogP contribution is 2.30. The lowest BCUT2D eigenvalue weighted by Gasteiger charge is -2.17. The molecule has 3 aromatic rings. The zero-order valence-corrected chi connectivity index (χ0v) is 14.5. The molecule has 1 amide bonds. The molecule has 0 fully saturated rings. The Labute approximate surface area is 151 Å². The summed E-state index contributed by atoms with van der Waals surface area (Å²) in [6.45, 7) is 1.96. The van der Waals surface area contributed by atoms with Gasteiger partial charge in [0.05, 0.1) is 5.92 Å². The van der Waals surface area contributed by atoms with Gasteiger partial charge in [-0.15, -0.1) is 0 Å². The molecule has 126 valence electrons. The molecule has 3 nitrogen and oxygen atoms in total. The third-order valence-corrected chi connectivity index (χ3v) is 4.64. The van der Waals surface area contributed by atoms with Crippen molar-refractivity contribution in [3.05, 3.63) is 94.5 Å². The van der Waals surface area contributed by atoms with E-state index in [1.807, 2.05) is 79.7 Å². The van der Waals surface area contributed by atoms with Crippen LogP contribution in [0.15, 0.2) is 72.8 Å². The highest BCUT2D eigenvalue weighted by molar-refractivity contribution is 6.31. The third kappa shape index (κ3) is 3.73. The van der Waals surface area contributed by atoms with Gasteiger partial charge in [-0.1, -0.05) is 78.3 Å². The van der Waals surface area contributed by atoms with Gasteiger partial charge in [0.1, 0.15) is 0 Å². The molecule has 0 aliphatic rings. The Hall–Kier alpha value is -2.62. The van der Waals surface area contributed by atoms with Gasteiger partial charge in [0.15, 0.2) is 0 Å². The summed E-state index contributed by atoms with van der Waals surface area (Å²) >= 11 is 6.24. The van der Waals surface area contributed by atoms with Gasteiger partial charge >= 0.3 is 0 Å². The van der Waals surface area contributed by atoms with E-state index in [9.17, 15) is 4.79 Å². The molecule has 3 rings (SSSR count). The van der Waals surface area contributed by atoms with Crippen LogP contribution in [-0.4, -0.2) is 11.1 Å². The van der Waals surface area contributed by atoms with Crippen molar-refractivity contribution < 1.29 is 10.0 Å². The first kappa shape index (κ1) is 17.2. The highest BCUT2D eigenvalue weighted by atomic mass is 35.5. The number of benzene rings is 3. The van der Waals surface area contributed by atoms with Crippen molar-refractivity contribution in [2.45, 2.75) is 12.8 Å². The van der Waals surface area contributed by atoms with Crippen LogP contribution in [0, 0.1) is 6.92 Å². The lowest BCUT2D eigenvalue weighted by molar-refractivity contribution is -0.129. The smallest absolute Gasteiger partial charge is 0.255 e. The first-order chi connectivity index (χ1) is 12.1. The molecule has 0 aliphatic heterocycles. The fraction of sp³-hybridized carbons (Fsp3) is 0.0952. The molecule has 1 atom stereocenters. The highest BCUT2D eigenvalue weighted by Gasteiger charge is 2.22. The van der Waals surface area contributed by atoms with E-state index < -0.39 is 11.8 Å². The van der Waals surface area contributed by atoms with Crippen molar-refractivity contribution in [2.75, 3.05) is 0 Å². The number of rotatable bonds is 4. The first-order valence-corrected chi connectivity index (χ1v) is 8.33. The number of carbonyl (C=O) groups is 1. The molecule has 0 aliphatic carbocycles. The average Bonchev–Trinajstić information content (AvgIpc) is 2.65. The van der Waals surface area contributed by atoms with Crippen LogP contribution in [0.5, 0.6) is 0 Å². The molecule has 2 N–H and O–H groups in total. The SMILES string of the molecule is Cc1ccc(-c2cccc(C(C(=O)NO)c3ccccc3)c2)cc1Cl. The van der Waals surface area contributed by atoms with E-state index in [0.717, 1.165) is 27.8 Å². The van der Waals surface area contributed by atoms with E-state index in [4.69, 9.17) is 16.8 Å². The Kier molecular flexibility index (Phi) is 5.17. The fourth-order valence-corrected chi connectivity index (χ4v) is 3.06. The molecule has 0 heterocycles. The van der Waals surface area contributed by atoms with Crippen LogP contribution >= 0.6 is 11.6 Å². The van der Waals surface area contributed by atoms with Gasteiger partial charge in [0.25, 0.3) is 5.91 Å². The fourth-order valence-electron chi connectivity index (χ4n) is 2.88. The summed E-state index contributed by atoms with van der Waals surface area (Å²) in [6.07, 6.45) is 0. The van der Waals surface area contributed by atoms with Gasteiger partial charge in [0.2, 0.25) is 0 Å². The summed E-state index contributed by atoms with van der Waals surface area (Å²) in [5, 5.41) is 9.87. The maximum Gasteiger partial charge on any atom is 0.255 e. The van der Waals surface area contributed by atoms with Gasteiger partial charge in [-0.05, 0) is 40.8 Å². The molecular weight excluding hydrogens is 334 g/mol. The Morgan fingerprint density at radius 1 is 0.920 bits per heavy atom. The van der Waals surface area contributed by atoms with Crippen molar-refractivity contribution in [1.82, 2.24) is 5.48 Å². The molecule has 3 aromatic carbocycles. The van der Waals surface area contributed by atoms with Crippen molar-refractivity contribution in [3.8, 4) is 11.1 Å². The van der Waals surface area contributed by atoms with Gasteiger partial charge in [-0.3, -0.25) is 10.0 Å². The number of carbonyl (C=O) groups excluding carboxylic acids is 1. The zero-order chi connectivity index (χ0) is 17.8. The number of nitrogens with one attached hydrogen (secondary N) is 1. The largest absolute Gasteiger partial charge is 0.289 e. The molecule has 0 radical (unpaired) electrons. The van der Waals surface area contributed by atoms with Crippen LogP contribution in [0.1, 0.15) is 22.6 Å². The molecule has 0 spiro atoms. The summed E-state index contributed by atoms with van der Waals surface area (Å²) in [5.41, 5.74) is 6.35. The minimum absolute atomic E-state index is 0.467. The minimum Gasteiger partial charge on any atom is -0.289 e. The number of amides is 1. The number of halogens is 1. The summed E-state index contributed by atoms with van der Waals surface area (Å²) in [7, 11) is 0. The topological polar surface area (TPSA) is 49.3 Å². The predicted molar refractivity (Wildman–Crippen MR) is 99.8 cm³/mol. The van der Waals surface area contributed by atoms with E-state index >= 15 is 0 Å². The predicted octanol–water partition coefficient (Wildman–Crippen LogP) is 4.95. The number of aryl methyl sites for hydroxylation is 1. The minimum atomic E-state index is -0.591. The molecule has 25 heavy (non-hydrogen) atoms. The van der Waals surface area contributed by atoms with E-state index in [2.05, 4.69) is 0 Å². The van der Waals surface area contributed by atoms with Gasteiger partial charge in [-0.2, -0.15) is 0 Å². The van der Waals surface area contributed by atoms with Crippen molar-refractivity contribution in [1.29, 1.82) is 0 Å². The Morgan fingerprint density at radius 3 is 2.28 bits per heavy atom. The van der Waals surface area contributed by atoms with Crippen LogP contribution in [0.3, 0.4) is 0 Å². The average molecular weight is 352 g/mol. The number of hydroxylamine groups is 1. The zero-order valence-electron chi connectivity index (χ0n) is 13.7. The van der Waals surface area contributed by atoms with Crippen LogP contribution in [0.25, 0.3) is 11.1 Å². The number of hydrogen-bond donors (Lipinski definition) is 2. The Morgan fingerprint density at radius 2 is 1.60 bits per heavy atom. The maximum atomic E-state index is 12.3. The van der Waals surface area contributed by atoms with Gasteiger partial charge in [0, 0.05) is 5.02 Å². The first-order valence-electron chi connectivity index (χ1n) is 7.95. The van der Waals surface area contributed by atoms with Crippen LogP contribution in [0.4, 0.5) is 0 Å². The maximum absolute atomic E-state index is 12.3. The van der Waals surface area contributed by atoms with Crippen LogP contribution in [0.2, 0.25) is 5.02 Å². The normalized spacial score (nSPS) is 11.8. The lowest BCUT2D eigenvalue weighted by atomic mass is 9.89. The summed E-state index contributed by atoms with van der Waals surface area (Å²) in [5.74, 6) is -1.06. The van der Waals surface area contributed by atoms with Crippen molar-refractivity contribution >= 4 is 17.5 Å². The quantitative estimate of drug-likeness (QED) is 0.516. The third-order valence-electron chi connectivity index (χ3n) is 4.23. The Bertz CT molecular complexity index is 893. The van der Waals surface area contributed by atoms with Crippen molar-refractivity contribution in [3.63, 3.8) is 0 Å². The molecule has 1 unspecified atom stereocenters. The second kappa shape index (κ2) is 7.51. The molecule has 0 aromatic heterocycles. The van der Waals surface area contributed by atoms with E-state index in [1.165, 1.54) is 0 Å². The second-order valence-electron chi connectivity index (χ2n) is 5.91. The monoisotopic (exact) mass is 351 g/mol. The van der Waals surface area contributed by atoms with Gasteiger partial charge < -0.3 is 0 Å². The summed E-state index contributed by atoms with van der Waals surface area (Å²) in [4.78, 5) is 12.3. The molecular formula is C21H18ClNO2. The Balaban J connectivity index is 2.06. The molecule has 4 heteroatoms. The molecule has 0 saturated carbocycles. The molecule has 0 saturated heterocycles. The second-order valence-corrected chi connectivity index (χ2v) is 6.32. The van der Waals surface area contributed by atoms with E-state index in [0.29, 0.717) is 5.02 Å². The van der Waals surface area contributed by atoms with Crippen molar-refractivity contribution in [2.24, 2.45) is 0 Å². The lowest BCUT2D eigenvalue weighted by Crippen LogP contribution is -2.27. The van der Waals surface area contributed by atoms with E-state index in [-0.39, 0.29) is 0 Å². The number of hydrogen-bond acceptors (Lipinski definition) is 2. The molecule has 0 bridgehead atoms. The van der Waals surface area contributed by atoms with Crippen LogP contribution < -0.4 is 5.48 Å². The van der Waals surface area contributed by atoms with Crippen LogP contribution in [-0.2, 0) is 4.79 Å². The summed E-state index contributed by atoms with van der Waals surface area (Å²) < 4.78 is 0. The standard InChI is InChI=1S/C21H18ClNO2/c1-14-10-11-17(13-19(14)22)16-8-5-9-18(12-16)20(21(24)23-25)15-6-3-2-4-7-15/h2-13,20,25H,1H3,(H,23,24). The summed E-state index contributed by atoms with van der Waals surface area (Å²) in [6, 6.07) is 23.0.